The van der Waals surface area contributed by atoms with E-state index in [0.29, 0.717) is 11.6 Å². The number of rotatable bonds is 5. The molecule has 2 atom stereocenters. The maximum Gasteiger partial charge on any atom is 0.249 e. The fourth-order valence-electron chi connectivity index (χ4n) is 3.02. The van der Waals surface area contributed by atoms with Crippen molar-refractivity contribution in [3.63, 3.8) is 0 Å². The van der Waals surface area contributed by atoms with E-state index in [2.05, 4.69) is 12.2 Å². The van der Waals surface area contributed by atoms with Crippen molar-refractivity contribution >= 4 is 5.91 Å². The second kappa shape index (κ2) is 6.71. The quantitative estimate of drug-likeness (QED) is 0.855. The van der Waals surface area contributed by atoms with Crippen LogP contribution in [0.25, 0.3) is 0 Å². The van der Waals surface area contributed by atoms with Crippen molar-refractivity contribution in [1.29, 1.82) is 0 Å². The van der Waals surface area contributed by atoms with Crippen LogP contribution in [0, 0.1) is 5.92 Å². The summed E-state index contributed by atoms with van der Waals surface area (Å²) >= 11 is 0. The first-order valence-corrected chi connectivity index (χ1v) is 7.31. The minimum atomic E-state index is -0.340. The van der Waals surface area contributed by atoms with Gasteiger partial charge in [0.25, 0.3) is 0 Å². The summed E-state index contributed by atoms with van der Waals surface area (Å²) in [4.78, 5) is 11.4. The molecular formula is C16H24N2O. The number of hydrogen-bond acceptors (Lipinski definition) is 2. The number of primary amides is 1. The second-order valence-electron chi connectivity index (χ2n) is 5.54. The molecule has 1 aliphatic rings. The van der Waals surface area contributed by atoms with Crippen LogP contribution in [-0.2, 0) is 6.54 Å². The molecule has 1 aromatic carbocycles. The normalized spacial score (nSPS) is 23.2. The van der Waals surface area contributed by atoms with Gasteiger partial charge in [-0.2, -0.15) is 0 Å². The number of benzene rings is 1. The minimum Gasteiger partial charge on any atom is -0.366 e. The molecular weight excluding hydrogens is 236 g/mol. The summed E-state index contributed by atoms with van der Waals surface area (Å²) in [7, 11) is 0. The standard InChI is InChI=1S/C16H24N2O/c1-2-12-6-5-8-14(10-12)18-11-13-7-3-4-9-15(13)16(17)19/h3-4,7,9,12,14,18H,2,5-6,8,10-11H2,1H3,(H2,17,19). The zero-order valence-electron chi connectivity index (χ0n) is 11.7. The highest BCUT2D eigenvalue weighted by Crippen LogP contribution is 2.26. The lowest BCUT2D eigenvalue weighted by molar-refractivity contribution is 0.0999. The number of amides is 1. The topological polar surface area (TPSA) is 55.1 Å². The number of carbonyl (C=O) groups is 1. The smallest absolute Gasteiger partial charge is 0.249 e. The Labute approximate surface area is 115 Å². The van der Waals surface area contributed by atoms with E-state index in [0.717, 1.165) is 18.0 Å². The second-order valence-corrected chi connectivity index (χ2v) is 5.54. The molecule has 0 saturated heterocycles. The summed E-state index contributed by atoms with van der Waals surface area (Å²) < 4.78 is 0. The molecule has 1 aromatic rings. The highest BCUT2D eigenvalue weighted by molar-refractivity contribution is 5.94. The van der Waals surface area contributed by atoms with Gasteiger partial charge in [-0.1, -0.05) is 44.4 Å². The van der Waals surface area contributed by atoms with Crippen molar-refractivity contribution in [1.82, 2.24) is 5.32 Å². The lowest BCUT2D eigenvalue weighted by atomic mass is 9.84. The van der Waals surface area contributed by atoms with Gasteiger partial charge in [0, 0.05) is 18.2 Å². The van der Waals surface area contributed by atoms with Crippen molar-refractivity contribution in [3.05, 3.63) is 35.4 Å². The van der Waals surface area contributed by atoms with Gasteiger partial charge in [-0.25, -0.2) is 0 Å². The maximum atomic E-state index is 11.4. The van der Waals surface area contributed by atoms with Gasteiger partial charge in [-0.15, -0.1) is 0 Å². The van der Waals surface area contributed by atoms with Crippen LogP contribution in [0.5, 0.6) is 0 Å². The Bertz CT molecular complexity index is 431. The Morgan fingerprint density at radius 3 is 2.89 bits per heavy atom. The lowest BCUT2D eigenvalue weighted by Gasteiger charge is -2.29. The Kier molecular flexibility index (Phi) is 4.97. The van der Waals surface area contributed by atoms with Crippen LogP contribution < -0.4 is 11.1 Å². The van der Waals surface area contributed by atoms with Gasteiger partial charge in [-0.3, -0.25) is 4.79 Å². The van der Waals surface area contributed by atoms with E-state index in [-0.39, 0.29) is 5.91 Å². The summed E-state index contributed by atoms with van der Waals surface area (Å²) in [5.74, 6) is 0.519. The molecule has 0 spiro atoms. The van der Waals surface area contributed by atoms with Crippen molar-refractivity contribution in [2.75, 3.05) is 0 Å². The predicted molar refractivity (Wildman–Crippen MR) is 77.8 cm³/mol. The van der Waals surface area contributed by atoms with Gasteiger partial charge in [0.1, 0.15) is 0 Å². The highest BCUT2D eigenvalue weighted by Gasteiger charge is 2.20. The average molecular weight is 260 g/mol. The molecule has 1 fully saturated rings. The van der Waals surface area contributed by atoms with E-state index < -0.39 is 0 Å². The molecule has 3 N–H and O–H groups in total. The van der Waals surface area contributed by atoms with E-state index in [4.69, 9.17) is 5.73 Å². The first-order valence-electron chi connectivity index (χ1n) is 7.31. The summed E-state index contributed by atoms with van der Waals surface area (Å²) in [6, 6.07) is 8.18. The Balaban J connectivity index is 1.93. The monoisotopic (exact) mass is 260 g/mol. The van der Waals surface area contributed by atoms with E-state index in [9.17, 15) is 4.79 Å². The summed E-state index contributed by atoms with van der Waals surface area (Å²) in [5.41, 5.74) is 7.05. The first-order chi connectivity index (χ1) is 9.20. The fraction of sp³-hybridized carbons (Fsp3) is 0.562. The van der Waals surface area contributed by atoms with Crippen LogP contribution in [0.2, 0.25) is 0 Å². The zero-order chi connectivity index (χ0) is 13.7. The lowest BCUT2D eigenvalue weighted by Crippen LogP contribution is -2.34. The molecule has 3 nitrogen and oxygen atoms in total. The minimum absolute atomic E-state index is 0.340. The third-order valence-corrected chi connectivity index (χ3v) is 4.22. The van der Waals surface area contributed by atoms with E-state index in [1.54, 1.807) is 6.07 Å². The molecule has 3 heteroatoms. The van der Waals surface area contributed by atoms with E-state index >= 15 is 0 Å². The number of nitrogens with one attached hydrogen (secondary N) is 1. The number of hydrogen-bond donors (Lipinski definition) is 2. The highest BCUT2D eigenvalue weighted by atomic mass is 16.1. The summed E-state index contributed by atoms with van der Waals surface area (Å²) in [5, 5.41) is 3.59. The summed E-state index contributed by atoms with van der Waals surface area (Å²) in [6.07, 6.45) is 6.46. The first kappa shape index (κ1) is 14.1. The van der Waals surface area contributed by atoms with E-state index in [1.165, 1.54) is 32.1 Å². The Morgan fingerprint density at radius 2 is 2.16 bits per heavy atom. The Hall–Kier alpha value is -1.35. The van der Waals surface area contributed by atoms with Gasteiger partial charge < -0.3 is 11.1 Å². The molecule has 19 heavy (non-hydrogen) atoms. The molecule has 0 aliphatic heterocycles. The van der Waals surface area contributed by atoms with Gasteiger partial charge in [0.05, 0.1) is 0 Å². The van der Waals surface area contributed by atoms with Crippen LogP contribution in [-0.4, -0.2) is 11.9 Å². The third kappa shape index (κ3) is 3.80. The average Bonchev–Trinajstić information content (AvgIpc) is 2.45. The van der Waals surface area contributed by atoms with Crippen LogP contribution >= 0.6 is 0 Å². The van der Waals surface area contributed by atoms with Crippen molar-refractivity contribution < 1.29 is 4.79 Å². The molecule has 2 unspecified atom stereocenters. The molecule has 0 bridgehead atoms. The van der Waals surface area contributed by atoms with Crippen molar-refractivity contribution in [2.24, 2.45) is 11.7 Å². The van der Waals surface area contributed by atoms with Gasteiger partial charge in [0.15, 0.2) is 0 Å². The largest absolute Gasteiger partial charge is 0.366 e. The molecule has 2 rings (SSSR count). The van der Waals surface area contributed by atoms with E-state index in [1.807, 2.05) is 18.2 Å². The maximum absolute atomic E-state index is 11.4. The molecule has 0 heterocycles. The predicted octanol–water partition coefficient (Wildman–Crippen LogP) is 2.84. The van der Waals surface area contributed by atoms with Gasteiger partial charge >= 0.3 is 0 Å². The zero-order valence-corrected chi connectivity index (χ0v) is 11.7. The van der Waals surface area contributed by atoms with Crippen LogP contribution in [0.15, 0.2) is 24.3 Å². The fourth-order valence-corrected chi connectivity index (χ4v) is 3.02. The SMILES string of the molecule is CCC1CCCC(NCc2ccccc2C(N)=O)C1. The Morgan fingerprint density at radius 1 is 1.37 bits per heavy atom. The van der Waals surface area contributed by atoms with Crippen molar-refractivity contribution in [3.8, 4) is 0 Å². The van der Waals surface area contributed by atoms with Gasteiger partial charge in [-0.05, 0) is 30.4 Å². The third-order valence-electron chi connectivity index (χ3n) is 4.22. The molecule has 0 aromatic heterocycles. The molecule has 0 radical (unpaired) electrons. The molecule has 1 saturated carbocycles. The molecule has 1 aliphatic carbocycles. The summed E-state index contributed by atoms with van der Waals surface area (Å²) in [6.45, 7) is 3.01. The number of nitrogens with two attached hydrogens (primary N) is 1. The van der Waals surface area contributed by atoms with Crippen LogP contribution in [0.4, 0.5) is 0 Å². The number of carbonyl (C=O) groups excluding carboxylic acids is 1. The van der Waals surface area contributed by atoms with Crippen LogP contribution in [0.3, 0.4) is 0 Å². The van der Waals surface area contributed by atoms with Crippen LogP contribution in [0.1, 0.15) is 54.9 Å². The van der Waals surface area contributed by atoms with Crippen molar-refractivity contribution in [2.45, 2.75) is 51.6 Å². The van der Waals surface area contributed by atoms with Gasteiger partial charge in [0.2, 0.25) is 5.91 Å². The molecule has 104 valence electrons. The molecule has 1 amide bonds.